The van der Waals surface area contributed by atoms with Gasteiger partial charge in [0.25, 0.3) is 0 Å². The molecule has 3 aromatic rings. The standard InChI is InChI=1S/C19H13BrCl4N4/c20-12-9-26-28-17(25-8-10-4-5-13(21)15(23)6-10)7-16(27-19(12)28)11-2-1-3-14(22)18(11)24/h1-5,7,9,15,25H,6,8H2. The lowest BCUT2D eigenvalue weighted by molar-refractivity contribution is 0.901. The van der Waals surface area contributed by atoms with Crippen molar-refractivity contribution in [3.63, 3.8) is 0 Å². The Kier molecular flexibility index (Phi) is 5.91. The summed E-state index contributed by atoms with van der Waals surface area (Å²) in [4.78, 5) is 4.69. The van der Waals surface area contributed by atoms with E-state index in [1.54, 1.807) is 16.8 Å². The van der Waals surface area contributed by atoms with Gasteiger partial charge in [-0.05, 0) is 40.1 Å². The van der Waals surface area contributed by atoms with Crippen molar-refractivity contribution < 1.29 is 0 Å². The van der Waals surface area contributed by atoms with Gasteiger partial charge in [-0.1, -0.05) is 53.0 Å². The molecule has 1 aliphatic rings. The Morgan fingerprint density at radius 2 is 2.04 bits per heavy atom. The van der Waals surface area contributed by atoms with Gasteiger partial charge in [0.05, 0.1) is 31.8 Å². The second-order valence-electron chi connectivity index (χ2n) is 6.26. The Balaban J connectivity index is 1.73. The second kappa shape index (κ2) is 8.25. The summed E-state index contributed by atoms with van der Waals surface area (Å²) in [5, 5.41) is 9.21. The average molecular weight is 519 g/mol. The molecule has 144 valence electrons. The summed E-state index contributed by atoms with van der Waals surface area (Å²) < 4.78 is 2.51. The highest BCUT2D eigenvalue weighted by Crippen LogP contribution is 2.35. The van der Waals surface area contributed by atoms with Crippen molar-refractivity contribution in [1.29, 1.82) is 0 Å². The Hall–Kier alpha value is -1.24. The first-order valence-corrected chi connectivity index (χ1v) is 10.7. The van der Waals surface area contributed by atoms with Gasteiger partial charge in [0, 0.05) is 23.2 Å². The third kappa shape index (κ3) is 3.91. The number of halogens is 5. The number of nitrogens with one attached hydrogen (secondary N) is 1. The summed E-state index contributed by atoms with van der Waals surface area (Å²) in [5.74, 6) is 0.773. The molecule has 2 aromatic heterocycles. The highest BCUT2D eigenvalue weighted by molar-refractivity contribution is 9.10. The summed E-state index contributed by atoms with van der Waals surface area (Å²) >= 11 is 28.4. The first kappa shape index (κ1) is 20.0. The van der Waals surface area contributed by atoms with Crippen LogP contribution < -0.4 is 5.32 Å². The number of rotatable bonds is 4. The van der Waals surface area contributed by atoms with Crippen molar-refractivity contribution >= 4 is 73.8 Å². The molecular weight excluding hydrogens is 506 g/mol. The van der Waals surface area contributed by atoms with Gasteiger partial charge in [-0.2, -0.15) is 9.61 Å². The fourth-order valence-electron chi connectivity index (χ4n) is 2.93. The lowest BCUT2D eigenvalue weighted by Gasteiger charge is -2.18. The number of nitrogens with zero attached hydrogens (tertiary/aromatic N) is 3. The normalized spacial score (nSPS) is 16.8. The monoisotopic (exact) mass is 516 g/mol. The van der Waals surface area contributed by atoms with Crippen LogP contribution in [-0.2, 0) is 0 Å². The summed E-state index contributed by atoms with van der Waals surface area (Å²) in [6.45, 7) is 0.600. The minimum absolute atomic E-state index is 0.194. The van der Waals surface area contributed by atoms with Crippen LogP contribution in [0.2, 0.25) is 10.0 Å². The van der Waals surface area contributed by atoms with Crippen molar-refractivity contribution in [2.75, 3.05) is 11.9 Å². The molecule has 0 bridgehead atoms. The maximum atomic E-state index is 6.40. The predicted molar refractivity (Wildman–Crippen MR) is 121 cm³/mol. The highest BCUT2D eigenvalue weighted by atomic mass is 79.9. The number of hydrogen-bond donors (Lipinski definition) is 1. The Bertz CT molecular complexity index is 1120. The topological polar surface area (TPSA) is 42.2 Å². The van der Waals surface area contributed by atoms with E-state index in [4.69, 9.17) is 51.4 Å². The van der Waals surface area contributed by atoms with Crippen molar-refractivity contribution in [3.8, 4) is 11.3 Å². The van der Waals surface area contributed by atoms with Gasteiger partial charge in [-0.15, -0.1) is 11.6 Å². The molecule has 1 aromatic carbocycles. The molecule has 4 rings (SSSR count). The zero-order chi connectivity index (χ0) is 19.8. The number of fused-ring (bicyclic) bond motifs is 1. The van der Waals surface area contributed by atoms with Crippen molar-refractivity contribution in [3.05, 3.63) is 67.7 Å². The smallest absolute Gasteiger partial charge is 0.172 e. The molecule has 28 heavy (non-hydrogen) atoms. The van der Waals surface area contributed by atoms with Crippen LogP contribution in [0.15, 0.2) is 57.7 Å². The van der Waals surface area contributed by atoms with E-state index in [0.29, 0.717) is 39.4 Å². The van der Waals surface area contributed by atoms with Crippen LogP contribution in [0, 0.1) is 0 Å². The minimum atomic E-state index is -0.194. The molecule has 1 aliphatic carbocycles. The molecular formula is C19H13BrCl4N4. The zero-order valence-electron chi connectivity index (χ0n) is 14.3. The van der Waals surface area contributed by atoms with Crippen LogP contribution in [0.4, 0.5) is 5.82 Å². The molecule has 0 spiro atoms. The van der Waals surface area contributed by atoms with E-state index >= 15 is 0 Å². The molecule has 0 saturated carbocycles. The molecule has 0 aliphatic heterocycles. The number of anilines is 1. The SMILES string of the molecule is ClC1=CC=C(CNc2cc(-c3cccc(Cl)c3Cl)nc3c(Br)cnn23)CC1Cl. The predicted octanol–water partition coefficient (Wildman–Crippen LogP) is 6.94. The number of hydrogen-bond acceptors (Lipinski definition) is 3. The van der Waals surface area contributed by atoms with Gasteiger partial charge in [-0.3, -0.25) is 0 Å². The summed E-state index contributed by atoms with van der Waals surface area (Å²) in [6.07, 6.45) is 6.21. The molecule has 2 heterocycles. The van der Waals surface area contributed by atoms with Crippen molar-refractivity contribution in [2.45, 2.75) is 11.8 Å². The van der Waals surface area contributed by atoms with Crippen LogP contribution in [0.5, 0.6) is 0 Å². The number of allylic oxidation sites excluding steroid dienone is 3. The zero-order valence-corrected chi connectivity index (χ0v) is 18.9. The Morgan fingerprint density at radius 3 is 2.82 bits per heavy atom. The van der Waals surface area contributed by atoms with E-state index in [1.807, 2.05) is 30.4 Å². The largest absolute Gasteiger partial charge is 0.366 e. The quantitative estimate of drug-likeness (QED) is 0.380. The van der Waals surface area contributed by atoms with Gasteiger partial charge in [0.15, 0.2) is 5.65 Å². The summed E-state index contributed by atoms with van der Waals surface area (Å²) in [7, 11) is 0. The minimum Gasteiger partial charge on any atom is -0.366 e. The number of aromatic nitrogens is 3. The third-order valence-corrected chi connectivity index (χ3v) is 6.64. The molecule has 0 fully saturated rings. The summed E-state index contributed by atoms with van der Waals surface area (Å²) in [5.41, 5.74) is 3.26. The van der Waals surface area contributed by atoms with Crippen LogP contribution in [0.3, 0.4) is 0 Å². The van der Waals surface area contributed by atoms with E-state index in [9.17, 15) is 0 Å². The number of alkyl halides is 1. The lowest BCUT2D eigenvalue weighted by Crippen LogP contribution is -2.14. The molecule has 1 N–H and O–H groups in total. The van der Waals surface area contributed by atoms with Crippen molar-refractivity contribution in [2.24, 2.45) is 0 Å². The maximum absolute atomic E-state index is 6.40. The summed E-state index contributed by atoms with van der Waals surface area (Å²) in [6, 6.07) is 7.37. The van der Waals surface area contributed by atoms with Crippen molar-refractivity contribution in [1.82, 2.24) is 14.6 Å². The Morgan fingerprint density at radius 1 is 1.21 bits per heavy atom. The third-order valence-electron chi connectivity index (χ3n) is 4.37. The van der Waals surface area contributed by atoms with Crippen LogP contribution in [-0.4, -0.2) is 26.5 Å². The lowest BCUT2D eigenvalue weighted by atomic mass is 10.0. The molecule has 9 heteroatoms. The van der Waals surface area contributed by atoms with Gasteiger partial charge in [0.2, 0.25) is 0 Å². The second-order valence-corrected chi connectivity index (χ2v) is 8.86. The maximum Gasteiger partial charge on any atom is 0.172 e. The van der Waals surface area contributed by atoms with E-state index in [0.717, 1.165) is 21.4 Å². The first-order valence-electron chi connectivity index (χ1n) is 8.36. The van der Waals surface area contributed by atoms with E-state index in [2.05, 4.69) is 26.3 Å². The molecule has 4 nitrogen and oxygen atoms in total. The average Bonchev–Trinajstić information content (AvgIpc) is 3.06. The Labute approximate surface area is 190 Å². The van der Waals surface area contributed by atoms with E-state index in [1.165, 1.54) is 0 Å². The number of benzene rings is 1. The van der Waals surface area contributed by atoms with E-state index < -0.39 is 0 Å². The fraction of sp³-hybridized carbons (Fsp3) is 0.158. The first-order chi connectivity index (χ1) is 13.4. The van der Waals surface area contributed by atoms with Gasteiger partial charge in [0.1, 0.15) is 5.82 Å². The van der Waals surface area contributed by atoms with Crippen LogP contribution >= 0.6 is 62.3 Å². The van der Waals surface area contributed by atoms with Gasteiger partial charge in [-0.25, -0.2) is 4.98 Å². The van der Waals surface area contributed by atoms with Crippen LogP contribution in [0.25, 0.3) is 16.9 Å². The molecule has 0 saturated heterocycles. The van der Waals surface area contributed by atoms with Crippen LogP contribution in [0.1, 0.15) is 6.42 Å². The van der Waals surface area contributed by atoms with Gasteiger partial charge >= 0.3 is 0 Å². The molecule has 0 radical (unpaired) electrons. The van der Waals surface area contributed by atoms with E-state index in [-0.39, 0.29) is 5.38 Å². The fourth-order valence-corrected chi connectivity index (χ4v) is 4.09. The molecule has 0 amide bonds. The molecule has 1 atom stereocenters. The van der Waals surface area contributed by atoms with Gasteiger partial charge < -0.3 is 5.32 Å². The molecule has 1 unspecified atom stereocenters. The highest BCUT2D eigenvalue weighted by Gasteiger charge is 2.17.